The zero-order chi connectivity index (χ0) is 15.3. The first-order valence-corrected chi connectivity index (χ1v) is 8.30. The van der Waals surface area contributed by atoms with E-state index < -0.39 is 0 Å². The maximum atomic E-state index is 4.56. The van der Waals surface area contributed by atoms with Crippen LogP contribution in [0.15, 0.2) is 43.0 Å². The zero-order valence-electron chi connectivity index (χ0n) is 12.9. The molecule has 5 heteroatoms. The normalized spacial score (nSPS) is 22.6. The highest BCUT2D eigenvalue weighted by molar-refractivity contribution is 5.83. The molecule has 1 saturated carbocycles. The summed E-state index contributed by atoms with van der Waals surface area (Å²) in [5.74, 6) is 1.59. The van der Waals surface area contributed by atoms with Crippen LogP contribution in [0.4, 0.5) is 5.82 Å². The average Bonchev–Trinajstić information content (AvgIpc) is 3.19. The van der Waals surface area contributed by atoms with Crippen molar-refractivity contribution in [1.82, 2.24) is 19.9 Å². The van der Waals surface area contributed by atoms with Crippen molar-refractivity contribution in [1.29, 1.82) is 0 Å². The van der Waals surface area contributed by atoms with Crippen LogP contribution in [-0.4, -0.2) is 33.0 Å². The number of hydrogen-bond donors (Lipinski definition) is 1. The lowest BCUT2D eigenvalue weighted by atomic mass is 9.61. The fourth-order valence-corrected chi connectivity index (χ4v) is 4.40. The molecular weight excluding hydrogens is 286 g/mol. The summed E-state index contributed by atoms with van der Waals surface area (Å²) in [5.41, 5.74) is 3.58. The monoisotopic (exact) mass is 305 g/mol. The Hall–Kier alpha value is -2.43. The molecule has 0 radical (unpaired) electrons. The van der Waals surface area contributed by atoms with Crippen molar-refractivity contribution in [3.63, 3.8) is 0 Å². The van der Waals surface area contributed by atoms with Crippen molar-refractivity contribution in [3.8, 4) is 0 Å². The van der Waals surface area contributed by atoms with Crippen LogP contribution in [0.2, 0.25) is 0 Å². The van der Waals surface area contributed by atoms with E-state index in [0.29, 0.717) is 11.3 Å². The van der Waals surface area contributed by atoms with E-state index in [2.05, 4.69) is 55.2 Å². The summed E-state index contributed by atoms with van der Waals surface area (Å²) in [6, 6.07) is 11.0. The van der Waals surface area contributed by atoms with Crippen LogP contribution in [0.1, 0.15) is 30.7 Å². The average molecular weight is 305 g/mol. The lowest BCUT2D eigenvalue weighted by Gasteiger charge is -2.43. The third-order valence-corrected chi connectivity index (χ3v) is 5.70. The van der Waals surface area contributed by atoms with E-state index in [9.17, 15) is 0 Å². The second-order valence-corrected chi connectivity index (χ2v) is 6.86. The van der Waals surface area contributed by atoms with Gasteiger partial charge in [0.2, 0.25) is 0 Å². The van der Waals surface area contributed by atoms with Gasteiger partial charge in [-0.2, -0.15) is 0 Å². The Morgan fingerprint density at radius 2 is 1.96 bits per heavy atom. The van der Waals surface area contributed by atoms with Crippen molar-refractivity contribution < 1.29 is 0 Å². The first-order valence-electron chi connectivity index (χ1n) is 8.30. The van der Waals surface area contributed by atoms with Crippen LogP contribution < -0.4 is 4.90 Å². The lowest BCUT2D eigenvalue weighted by molar-refractivity contribution is 0.139. The Bertz CT molecular complexity index is 837. The molecule has 3 aromatic rings. The Balaban J connectivity index is 1.55. The van der Waals surface area contributed by atoms with Gasteiger partial charge in [-0.25, -0.2) is 15.0 Å². The third-order valence-electron chi connectivity index (χ3n) is 5.70. The van der Waals surface area contributed by atoms with Gasteiger partial charge in [0.15, 0.2) is 11.5 Å². The van der Waals surface area contributed by atoms with E-state index in [1.54, 1.807) is 12.7 Å². The second kappa shape index (κ2) is 4.78. The summed E-state index contributed by atoms with van der Waals surface area (Å²) >= 11 is 0. The van der Waals surface area contributed by atoms with E-state index in [0.717, 1.165) is 30.1 Å². The minimum absolute atomic E-state index is 0.415. The molecular formula is C18H19N5. The first-order chi connectivity index (χ1) is 11.4. The molecule has 3 heterocycles. The summed E-state index contributed by atoms with van der Waals surface area (Å²) in [6.07, 6.45) is 7.31. The van der Waals surface area contributed by atoms with E-state index in [1.165, 1.54) is 24.8 Å². The highest BCUT2D eigenvalue weighted by Gasteiger charge is 2.51. The molecule has 1 atom stereocenters. The molecule has 23 heavy (non-hydrogen) atoms. The molecule has 1 aliphatic carbocycles. The van der Waals surface area contributed by atoms with Gasteiger partial charge in [-0.05, 0) is 23.8 Å². The predicted octanol–water partition coefficient (Wildman–Crippen LogP) is 3.13. The number of nitrogens with zero attached hydrogens (tertiary/aromatic N) is 4. The maximum Gasteiger partial charge on any atom is 0.182 e. The maximum absolute atomic E-state index is 4.56. The van der Waals surface area contributed by atoms with Gasteiger partial charge in [-0.3, -0.25) is 0 Å². The van der Waals surface area contributed by atoms with Gasteiger partial charge in [-0.1, -0.05) is 36.8 Å². The minimum Gasteiger partial charge on any atom is -0.354 e. The number of nitrogens with one attached hydrogen (secondary N) is 1. The van der Waals surface area contributed by atoms with Crippen molar-refractivity contribution in [3.05, 3.63) is 48.5 Å². The molecule has 2 fully saturated rings. The predicted molar refractivity (Wildman–Crippen MR) is 89.4 cm³/mol. The Labute approximate surface area is 134 Å². The highest BCUT2D eigenvalue weighted by atomic mass is 15.2. The molecule has 1 N–H and O–H groups in total. The molecule has 1 saturated heterocycles. The second-order valence-electron chi connectivity index (χ2n) is 6.86. The summed E-state index contributed by atoms with van der Waals surface area (Å²) in [6.45, 7) is 2.10. The molecule has 0 amide bonds. The van der Waals surface area contributed by atoms with Crippen molar-refractivity contribution in [2.75, 3.05) is 18.0 Å². The smallest absolute Gasteiger partial charge is 0.182 e. The van der Waals surface area contributed by atoms with Gasteiger partial charge < -0.3 is 9.88 Å². The molecule has 2 aromatic heterocycles. The van der Waals surface area contributed by atoms with Crippen molar-refractivity contribution in [2.24, 2.45) is 5.41 Å². The van der Waals surface area contributed by atoms with E-state index >= 15 is 0 Å². The molecule has 1 unspecified atom stereocenters. The van der Waals surface area contributed by atoms with E-state index in [1.807, 2.05) is 0 Å². The molecule has 116 valence electrons. The number of H-pyrrole nitrogens is 1. The molecule has 1 aliphatic heterocycles. The van der Waals surface area contributed by atoms with Gasteiger partial charge in [0, 0.05) is 19.0 Å². The van der Waals surface area contributed by atoms with Crippen LogP contribution in [-0.2, 0) is 0 Å². The van der Waals surface area contributed by atoms with Crippen LogP contribution in [0.3, 0.4) is 0 Å². The lowest BCUT2D eigenvalue weighted by Crippen LogP contribution is -2.36. The Morgan fingerprint density at radius 1 is 1.09 bits per heavy atom. The number of fused-ring (bicyclic) bond motifs is 1. The Kier molecular flexibility index (Phi) is 2.71. The summed E-state index contributed by atoms with van der Waals surface area (Å²) in [5, 5.41) is 0. The summed E-state index contributed by atoms with van der Waals surface area (Å²) in [7, 11) is 0. The molecule has 5 rings (SSSR count). The van der Waals surface area contributed by atoms with Gasteiger partial charge in [0.25, 0.3) is 0 Å². The van der Waals surface area contributed by atoms with Crippen LogP contribution in [0.5, 0.6) is 0 Å². The minimum atomic E-state index is 0.415. The number of rotatable bonds is 2. The zero-order valence-corrected chi connectivity index (χ0v) is 12.9. The molecule has 1 spiro atoms. The SMILES string of the molecule is c1ccc(C2CN(c3ncnc4nc[nH]c34)CC23CCC3)cc1. The van der Waals surface area contributed by atoms with Crippen LogP contribution >= 0.6 is 0 Å². The standard InChI is InChI=1S/C18H19N5/c1-2-5-13(6-3-1)14-9-23(10-18(14)7-4-8-18)17-15-16(20-11-19-15)21-12-22-17/h1-3,5-6,11-12,14H,4,7-10H2,(H,19,20,21,22). The molecule has 1 aromatic carbocycles. The summed E-state index contributed by atoms with van der Waals surface area (Å²) in [4.78, 5) is 18.7. The van der Waals surface area contributed by atoms with Gasteiger partial charge >= 0.3 is 0 Å². The molecule has 2 aliphatic rings. The van der Waals surface area contributed by atoms with Crippen molar-refractivity contribution >= 4 is 17.0 Å². The van der Waals surface area contributed by atoms with Gasteiger partial charge in [-0.15, -0.1) is 0 Å². The van der Waals surface area contributed by atoms with Crippen LogP contribution in [0, 0.1) is 5.41 Å². The fourth-order valence-electron chi connectivity index (χ4n) is 4.40. The Morgan fingerprint density at radius 3 is 2.74 bits per heavy atom. The summed E-state index contributed by atoms with van der Waals surface area (Å²) < 4.78 is 0. The fraction of sp³-hybridized carbons (Fsp3) is 0.389. The number of anilines is 1. The number of benzene rings is 1. The highest BCUT2D eigenvalue weighted by Crippen LogP contribution is 2.56. The largest absolute Gasteiger partial charge is 0.354 e. The number of imidazole rings is 1. The third kappa shape index (κ3) is 1.89. The number of aromatic nitrogens is 4. The van der Waals surface area contributed by atoms with E-state index in [-0.39, 0.29) is 0 Å². The topological polar surface area (TPSA) is 57.7 Å². The quantitative estimate of drug-likeness (QED) is 0.790. The number of aromatic amines is 1. The molecule has 5 nitrogen and oxygen atoms in total. The first kappa shape index (κ1) is 13.0. The van der Waals surface area contributed by atoms with Crippen LogP contribution in [0.25, 0.3) is 11.2 Å². The molecule has 0 bridgehead atoms. The van der Waals surface area contributed by atoms with Gasteiger partial charge in [0.1, 0.15) is 11.8 Å². The van der Waals surface area contributed by atoms with Gasteiger partial charge in [0.05, 0.1) is 6.33 Å². The number of hydrogen-bond acceptors (Lipinski definition) is 4. The van der Waals surface area contributed by atoms with E-state index in [4.69, 9.17) is 0 Å². The van der Waals surface area contributed by atoms with Crippen molar-refractivity contribution in [2.45, 2.75) is 25.2 Å².